The van der Waals surface area contributed by atoms with Crippen LogP contribution in [-0.2, 0) is 31.5 Å². The van der Waals surface area contributed by atoms with Crippen molar-refractivity contribution in [1.29, 1.82) is 0 Å². The lowest BCUT2D eigenvalue weighted by Gasteiger charge is -2.17. The summed E-state index contributed by atoms with van der Waals surface area (Å²) in [6, 6.07) is 8.79. The zero-order chi connectivity index (χ0) is 28.6. The summed E-state index contributed by atoms with van der Waals surface area (Å²) in [5.74, 6) is 0.853. The fourth-order valence-electron chi connectivity index (χ4n) is 3.52. The third-order valence-corrected chi connectivity index (χ3v) is 8.41. The zero-order valence-electron chi connectivity index (χ0n) is 22.1. The van der Waals surface area contributed by atoms with E-state index in [0.717, 1.165) is 21.2 Å². The van der Waals surface area contributed by atoms with Crippen LogP contribution in [0, 0.1) is 0 Å². The second kappa shape index (κ2) is 14.4. The minimum absolute atomic E-state index is 0.0657. The average Bonchev–Trinajstić information content (AvgIpc) is 3.19. The Morgan fingerprint density at radius 2 is 1.79 bits per heavy atom. The molecule has 0 saturated heterocycles. The second-order valence-electron chi connectivity index (χ2n) is 8.50. The number of ether oxygens (including phenoxy) is 2. The molecule has 0 aliphatic rings. The van der Waals surface area contributed by atoms with E-state index in [0.29, 0.717) is 22.4 Å². The average molecular weight is 617 g/mol. The van der Waals surface area contributed by atoms with Gasteiger partial charge in [-0.2, -0.15) is 0 Å². The monoisotopic (exact) mass is 616 g/mol. The van der Waals surface area contributed by atoms with Crippen LogP contribution in [-0.4, -0.2) is 40.2 Å². The van der Waals surface area contributed by atoms with Gasteiger partial charge in [0, 0.05) is 27.2 Å². The van der Waals surface area contributed by atoms with Gasteiger partial charge in [0.05, 0.1) is 25.5 Å². The van der Waals surface area contributed by atoms with Gasteiger partial charge in [0.25, 0.3) is 0 Å². The van der Waals surface area contributed by atoms with Crippen LogP contribution < -0.4 is 10.5 Å². The van der Waals surface area contributed by atoms with Crippen LogP contribution in [0.5, 0.6) is 5.88 Å². The number of carbonyl (C=O) groups excluding carboxylic acids is 1. The summed E-state index contributed by atoms with van der Waals surface area (Å²) in [6.07, 6.45) is 0.490. The van der Waals surface area contributed by atoms with Gasteiger partial charge in [0.15, 0.2) is 13.0 Å². The first-order chi connectivity index (χ1) is 18.5. The van der Waals surface area contributed by atoms with Gasteiger partial charge >= 0.3 is 13.7 Å². The van der Waals surface area contributed by atoms with E-state index in [1.54, 1.807) is 32.2 Å². The van der Waals surface area contributed by atoms with Gasteiger partial charge in [-0.1, -0.05) is 54.9 Å². The lowest BCUT2D eigenvalue weighted by atomic mass is 10.1. The Labute approximate surface area is 242 Å². The minimum atomic E-state index is -3.38. The molecule has 2 aromatic heterocycles. The number of carbonyl (C=O) groups is 1. The lowest BCUT2D eigenvalue weighted by molar-refractivity contribution is 0.145. The van der Waals surface area contributed by atoms with Crippen LogP contribution >= 0.6 is 42.6 Å². The first-order valence-electron chi connectivity index (χ1n) is 12.1. The van der Waals surface area contributed by atoms with Crippen molar-refractivity contribution >= 4 is 48.7 Å². The minimum Gasteiger partial charge on any atom is -0.465 e. The van der Waals surface area contributed by atoms with Crippen molar-refractivity contribution in [3.8, 4) is 5.88 Å². The van der Waals surface area contributed by atoms with Crippen LogP contribution in [0.3, 0.4) is 0 Å². The number of nitrogens with zero attached hydrogens (tertiary/aromatic N) is 3. The maximum atomic E-state index is 12.7. The molecule has 0 atom stereocenters. The summed E-state index contributed by atoms with van der Waals surface area (Å²) < 4.78 is 35.8. The van der Waals surface area contributed by atoms with E-state index in [1.807, 2.05) is 36.6 Å². The molecule has 212 valence electrons. The van der Waals surface area contributed by atoms with Crippen molar-refractivity contribution in [2.75, 3.05) is 19.6 Å². The number of primary amides is 1. The number of hydrogen-bond donors (Lipinski definition) is 1. The summed E-state index contributed by atoms with van der Waals surface area (Å²) in [4.78, 5) is 21.3. The Morgan fingerprint density at radius 1 is 1.13 bits per heavy atom. The van der Waals surface area contributed by atoms with Crippen molar-refractivity contribution in [3.05, 3.63) is 63.7 Å². The summed E-state index contributed by atoms with van der Waals surface area (Å²) in [5.41, 5.74) is 6.86. The fourth-order valence-corrected chi connectivity index (χ4v) is 6.73. The van der Waals surface area contributed by atoms with Crippen LogP contribution in [0.1, 0.15) is 50.7 Å². The molecular weight excluding hydrogens is 586 g/mol. The van der Waals surface area contributed by atoms with Crippen molar-refractivity contribution in [2.45, 2.75) is 56.7 Å². The SMILES string of the molecule is CCOP(=O)(COc1ccc(Cn2c(COC(N)=O)nc(C(C)C)c2Sc2cc(Cl)cc(Cl)c2)cn1)OCC. The third-order valence-electron chi connectivity index (χ3n) is 5.13. The number of benzene rings is 1. The van der Waals surface area contributed by atoms with E-state index in [4.69, 9.17) is 52.4 Å². The molecule has 2 heterocycles. The maximum Gasteiger partial charge on any atom is 0.404 e. The Balaban J connectivity index is 1.90. The lowest BCUT2D eigenvalue weighted by Crippen LogP contribution is -2.15. The predicted molar refractivity (Wildman–Crippen MR) is 151 cm³/mol. The number of nitrogens with two attached hydrogens (primary N) is 1. The first kappa shape index (κ1) is 31.3. The van der Waals surface area contributed by atoms with E-state index < -0.39 is 13.7 Å². The normalized spacial score (nSPS) is 11.7. The second-order valence-corrected chi connectivity index (χ2v) is 12.4. The third kappa shape index (κ3) is 9.13. The number of amides is 1. The van der Waals surface area contributed by atoms with E-state index in [-0.39, 0.29) is 38.0 Å². The van der Waals surface area contributed by atoms with Gasteiger partial charge in [-0.25, -0.2) is 14.8 Å². The number of pyridine rings is 1. The van der Waals surface area contributed by atoms with E-state index >= 15 is 0 Å². The smallest absolute Gasteiger partial charge is 0.404 e. The highest BCUT2D eigenvalue weighted by atomic mass is 35.5. The Morgan fingerprint density at radius 3 is 2.33 bits per heavy atom. The highest BCUT2D eigenvalue weighted by Gasteiger charge is 2.25. The van der Waals surface area contributed by atoms with Gasteiger partial charge in [-0.05, 0) is 43.5 Å². The van der Waals surface area contributed by atoms with Crippen molar-refractivity contribution in [2.24, 2.45) is 5.73 Å². The molecule has 1 amide bonds. The van der Waals surface area contributed by atoms with Gasteiger partial charge in [-0.3, -0.25) is 4.57 Å². The topological polar surface area (TPSA) is 128 Å². The van der Waals surface area contributed by atoms with Crippen molar-refractivity contribution in [3.63, 3.8) is 0 Å². The number of hydrogen-bond acceptors (Lipinski definition) is 9. The quantitative estimate of drug-likeness (QED) is 0.188. The Bertz CT molecular complexity index is 1290. The van der Waals surface area contributed by atoms with Crippen LogP contribution in [0.25, 0.3) is 0 Å². The number of aromatic nitrogens is 3. The van der Waals surface area contributed by atoms with Crippen LogP contribution in [0.4, 0.5) is 4.79 Å². The molecule has 0 saturated carbocycles. The molecule has 0 radical (unpaired) electrons. The number of imidazole rings is 1. The molecule has 1 aromatic carbocycles. The van der Waals surface area contributed by atoms with Gasteiger partial charge < -0.3 is 28.8 Å². The molecule has 3 rings (SSSR count). The molecule has 0 aliphatic heterocycles. The molecule has 0 bridgehead atoms. The molecule has 0 aliphatic carbocycles. The summed E-state index contributed by atoms with van der Waals surface area (Å²) >= 11 is 13.9. The first-order valence-corrected chi connectivity index (χ1v) is 15.4. The molecule has 14 heteroatoms. The predicted octanol–water partition coefficient (Wildman–Crippen LogP) is 7.11. The highest BCUT2D eigenvalue weighted by Crippen LogP contribution is 2.47. The summed E-state index contributed by atoms with van der Waals surface area (Å²) in [6.45, 7) is 8.24. The molecular formula is C25H31Cl2N4O6PS. The van der Waals surface area contributed by atoms with Crippen molar-refractivity contribution in [1.82, 2.24) is 14.5 Å². The molecule has 0 fully saturated rings. The zero-order valence-corrected chi connectivity index (χ0v) is 25.3. The van der Waals surface area contributed by atoms with Gasteiger partial charge in [-0.15, -0.1) is 0 Å². The molecule has 10 nitrogen and oxygen atoms in total. The molecule has 3 aromatic rings. The molecule has 0 unspecified atom stereocenters. The largest absolute Gasteiger partial charge is 0.465 e. The van der Waals surface area contributed by atoms with Crippen LogP contribution in [0.15, 0.2) is 46.5 Å². The van der Waals surface area contributed by atoms with Gasteiger partial charge in [0.1, 0.15) is 10.9 Å². The molecule has 39 heavy (non-hydrogen) atoms. The van der Waals surface area contributed by atoms with Gasteiger partial charge in [0.2, 0.25) is 5.88 Å². The van der Waals surface area contributed by atoms with E-state index in [1.165, 1.54) is 11.8 Å². The fraction of sp³-hybridized carbons (Fsp3) is 0.400. The number of halogens is 2. The summed E-state index contributed by atoms with van der Waals surface area (Å²) in [7, 11) is -3.38. The Hall–Kier alpha value is -2.27. The maximum absolute atomic E-state index is 12.7. The van der Waals surface area contributed by atoms with E-state index in [2.05, 4.69) is 4.98 Å². The standard InChI is InChI=1S/C25H31Cl2N4O6PS/c1-5-36-38(33,37-6-2)15-35-22-8-7-17(12-29-22)13-31-21(14-34-25(28)32)30-23(16(3)4)24(31)39-20-10-18(26)9-19(27)11-20/h7-12,16H,5-6,13-15H2,1-4H3,(H2,28,32). The highest BCUT2D eigenvalue weighted by molar-refractivity contribution is 7.99. The van der Waals surface area contributed by atoms with Crippen LogP contribution in [0.2, 0.25) is 10.0 Å². The molecule has 2 N–H and O–H groups in total. The number of rotatable bonds is 14. The van der Waals surface area contributed by atoms with E-state index in [9.17, 15) is 9.36 Å². The summed E-state index contributed by atoms with van der Waals surface area (Å²) in [5, 5.41) is 1.86. The molecule has 0 spiro atoms. The van der Waals surface area contributed by atoms with Crippen molar-refractivity contribution < 1.29 is 27.9 Å². The Kier molecular flexibility index (Phi) is 11.5.